The van der Waals surface area contributed by atoms with Gasteiger partial charge in [0.1, 0.15) is 0 Å². The lowest BCUT2D eigenvalue weighted by molar-refractivity contribution is -0.125. The van der Waals surface area contributed by atoms with Gasteiger partial charge in [-0.1, -0.05) is 33.3 Å². The van der Waals surface area contributed by atoms with Crippen LogP contribution in [-0.4, -0.2) is 11.9 Å². The van der Waals surface area contributed by atoms with Crippen molar-refractivity contribution in [3.63, 3.8) is 0 Å². The highest BCUT2D eigenvalue weighted by atomic mass is 32.1. The first-order valence-corrected chi connectivity index (χ1v) is 8.39. The van der Waals surface area contributed by atoms with Gasteiger partial charge in [-0.15, -0.1) is 11.3 Å². The van der Waals surface area contributed by atoms with Crippen molar-refractivity contribution in [3.05, 3.63) is 22.4 Å². The highest BCUT2D eigenvalue weighted by molar-refractivity contribution is 7.10. The number of hydrogen-bond donors (Lipinski definition) is 2. The number of carbonyl (C=O) groups excluding carboxylic acids is 1. The molecule has 1 heterocycles. The second-order valence-corrected chi connectivity index (χ2v) is 7.03. The molecule has 0 bridgehead atoms. The third kappa shape index (κ3) is 5.63. The smallest absolute Gasteiger partial charge is 0.223 e. The summed E-state index contributed by atoms with van der Waals surface area (Å²) in [6, 6.07) is 4.47. The number of nitrogens with one attached hydrogen (secondary N) is 1. The zero-order chi connectivity index (χ0) is 15.1. The molecule has 114 valence electrons. The summed E-state index contributed by atoms with van der Waals surface area (Å²) in [4.78, 5) is 13.5. The van der Waals surface area contributed by atoms with Crippen molar-refractivity contribution in [1.82, 2.24) is 5.32 Å². The fourth-order valence-corrected chi connectivity index (χ4v) is 3.16. The predicted octanol–water partition coefficient (Wildman–Crippen LogP) is 3.72. The highest BCUT2D eigenvalue weighted by Crippen LogP contribution is 2.26. The molecule has 1 aromatic heterocycles. The summed E-state index contributed by atoms with van der Waals surface area (Å²) in [6.07, 6.45) is 2.90. The van der Waals surface area contributed by atoms with E-state index in [0.29, 0.717) is 5.92 Å². The van der Waals surface area contributed by atoms with Gasteiger partial charge in [0.25, 0.3) is 0 Å². The SMILES string of the molecule is CC(N)CCCC(C)C(=O)NC(c1cccs1)C(C)C. The largest absolute Gasteiger partial charge is 0.348 e. The lowest BCUT2D eigenvalue weighted by Gasteiger charge is -2.23. The number of amides is 1. The van der Waals surface area contributed by atoms with E-state index in [9.17, 15) is 4.79 Å². The number of carbonyl (C=O) groups is 1. The Morgan fingerprint density at radius 2 is 2.00 bits per heavy atom. The molecule has 0 aliphatic rings. The van der Waals surface area contributed by atoms with Crippen LogP contribution in [0.25, 0.3) is 0 Å². The lowest BCUT2D eigenvalue weighted by Crippen LogP contribution is -2.35. The quantitative estimate of drug-likeness (QED) is 0.768. The molecule has 20 heavy (non-hydrogen) atoms. The number of hydrogen-bond acceptors (Lipinski definition) is 3. The van der Waals surface area contributed by atoms with E-state index < -0.39 is 0 Å². The van der Waals surface area contributed by atoms with E-state index in [1.54, 1.807) is 11.3 Å². The molecule has 0 aliphatic heterocycles. The first-order chi connectivity index (χ1) is 9.41. The minimum absolute atomic E-state index is 0.0509. The van der Waals surface area contributed by atoms with Gasteiger partial charge in [0.05, 0.1) is 6.04 Å². The Morgan fingerprint density at radius 1 is 1.30 bits per heavy atom. The third-order valence-corrected chi connectivity index (χ3v) is 4.51. The zero-order valence-corrected chi connectivity index (χ0v) is 13.9. The van der Waals surface area contributed by atoms with Gasteiger partial charge in [0, 0.05) is 16.8 Å². The molecular formula is C16H28N2OS. The Balaban J connectivity index is 2.50. The number of thiophene rings is 1. The molecule has 0 fully saturated rings. The van der Waals surface area contributed by atoms with Gasteiger partial charge in [-0.25, -0.2) is 0 Å². The molecule has 0 aromatic carbocycles. The molecule has 4 heteroatoms. The summed E-state index contributed by atoms with van der Waals surface area (Å²) in [6.45, 7) is 8.30. The molecule has 3 unspecified atom stereocenters. The van der Waals surface area contributed by atoms with E-state index in [0.717, 1.165) is 19.3 Å². The zero-order valence-electron chi connectivity index (χ0n) is 13.1. The van der Waals surface area contributed by atoms with Crippen molar-refractivity contribution in [2.24, 2.45) is 17.6 Å². The van der Waals surface area contributed by atoms with Crippen molar-refractivity contribution in [2.75, 3.05) is 0 Å². The van der Waals surface area contributed by atoms with Crippen LogP contribution in [0.15, 0.2) is 17.5 Å². The second-order valence-electron chi connectivity index (χ2n) is 6.05. The summed E-state index contributed by atoms with van der Waals surface area (Å²) in [5.74, 6) is 0.602. The Labute approximate surface area is 127 Å². The first-order valence-electron chi connectivity index (χ1n) is 7.51. The Morgan fingerprint density at radius 3 is 2.50 bits per heavy atom. The molecule has 0 saturated carbocycles. The maximum absolute atomic E-state index is 12.3. The molecule has 3 nitrogen and oxygen atoms in total. The highest BCUT2D eigenvalue weighted by Gasteiger charge is 2.22. The summed E-state index contributed by atoms with van der Waals surface area (Å²) in [7, 11) is 0. The van der Waals surface area contributed by atoms with E-state index in [1.807, 2.05) is 19.9 Å². The van der Waals surface area contributed by atoms with E-state index >= 15 is 0 Å². The minimum atomic E-state index is 0.0509. The molecule has 3 atom stereocenters. The standard InChI is InChI=1S/C16H28N2OS/c1-11(2)15(14-9-6-10-20-14)18-16(19)12(3)7-5-8-13(4)17/h6,9-13,15H,5,7-8,17H2,1-4H3,(H,18,19). The van der Waals surface area contributed by atoms with Crippen molar-refractivity contribution in [1.29, 1.82) is 0 Å². The number of nitrogens with two attached hydrogens (primary N) is 1. The Bertz CT molecular complexity index is 387. The molecule has 0 aliphatic carbocycles. The normalized spacial score (nSPS) is 15.9. The van der Waals surface area contributed by atoms with Crippen LogP contribution < -0.4 is 11.1 Å². The van der Waals surface area contributed by atoms with Gasteiger partial charge >= 0.3 is 0 Å². The molecule has 1 rings (SSSR count). The maximum Gasteiger partial charge on any atom is 0.223 e. The predicted molar refractivity (Wildman–Crippen MR) is 86.7 cm³/mol. The first kappa shape index (κ1) is 17.2. The summed E-state index contributed by atoms with van der Waals surface area (Å²) in [5, 5.41) is 5.26. The second kappa shape index (κ2) is 8.42. The molecule has 3 N–H and O–H groups in total. The summed E-state index contributed by atoms with van der Waals surface area (Å²) >= 11 is 1.70. The average Bonchev–Trinajstić information content (AvgIpc) is 2.88. The molecule has 0 radical (unpaired) electrons. The summed E-state index contributed by atoms with van der Waals surface area (Å²) < 4.78 is 0. The molecule has 0 spiro atoms. The Hall–Kier alpha value is -0.870. The minimum Gasteiger partial charge on any atom is -0.348 e. The lowest BCUT2D eigenvalue weighted by atomic mass is 9.98. The van der Waals surface area contributed by atoms with Crippen molar-refractivity contribution < 1.29 is 4.79 Å². The fourth-order valence-electron chi connectivity index (χ4n) is 2.21. The van der Waals surface area contributed by atoms with Crippen LogP contribution in [0.2, 0.25) is 0 Å². The third-order valence-electron chi connectivity index (χ3n) is 3.56. The van der Waals surface area contributed by atoms with Gasteiger partial charge < -0.3 is 11.1 Å². The van der Waals surface area contributed by atoms with Crippen molar-refractivity contribution in [2.45, 2.75) is 59.0 Å². The molecular weight excluding hydrogens is 268 g/mol. The monoisotopic (exact) mass is 296 g/mol. The van der Waals surface area contributed by atoms with Crippen LogP contribution in [0.1, 0.15) is 57.9 Å². The van der Waals surface area contributed by atoms with E-state index in [4.69, 9.17) is 5.73 Å². The van der Waals surface area contributed by atoms with Gasteiger partial charge in [-0.2, -0.15) is 0 Å². The maximum atomic E-state index is 12.3. The van der Waals surface area contributed by atoms with Gasteiger partial charge in [0.2, 0.25) is 5.91 Å². The van der Waals surface area contributed by atoms with E-state index in [-0.39, 0.29) is 23.9 Å². The van der Waals surface area contributed by atoms with Gasteiger partial charge in [-0.05, 0) is 37.1 Å². The van der Waals surface area contributed by atoms with Crippen molar-refractivity contribution >= 4 is 17.2 Å². The topological polar surface area (TPSA) is 55.1 Å². The van der Waals surface area contributed by atoms with Crippen LogP contribution in [0, 0.1) is 11.8 Å². The van der Waals surface area contributed by atoms with Crippen LogP contribution in [0.3, 0.4) is 0 Å². The van der Waals surface area contributed by atoms with E-state index in [2.05, 4.69) is 30.6 Å². The van der Waals surface area contributed by atoms with Crippen LogP contribution >= 0.6 is 11.3 Å². The van der Waals surface area contributed by atoms with Gasteiger partial charge in [-0.3, -0.25) is 4.79 Å². The van der Waals surface area contributed by atoms with Crippen LogP contribution in [0.4, 0.5) is 0 Å². The Kier molecular flexibility index (Phi) is 7.24. The molecule has 1 aromatic rings. The average molecular weight is 296 g/mol. The van der Waals surface area contributed by atoms with Crippen molar-refractivity contribution in [3.8, 4) is 0 Å². The summed E-state index contributed by atoms with van der Waals surface area (Å²) in [5.41, 5.74) is 5.74. The molecule has 0 saturated heterocycles. The van der Waals surface area contributed by atoms with Gasteiger partial charge in [0.15, 0.2) is 0 Å². The number of rotatable bonds is 8. The van der Waals surface area contributed by atoms with Crippen LogP contribution in [-0.2, 0) is 4.79 Å². The molecule has 1 amide bonds. The van der Waals surface area contributed by atoms with Crippen LogP contribution in [0.5, 0.6) is 0 Å². The van der Waals surface area contributed by atoms with E-state index in [1.165, 1.54) is 4.88 Å². The fraction of sp³-hybridized carbons (Fsp3) is 0.688.